The number of aromatic nitrogens is 2. The average Bonchev–Trinajstić information content (AvgIpc) is 2.88. The molecular weight excluding hydrogens is 230 g/mol. The van der Waals surface area contributed by atoms with Crippen molar-refractivity contribution < 1.29 is 9.48 Å². The van der Waals surface area contributed by atoms with Crippen LogP contribution in [0.4, 0.5) is 0 Å². The van der Waals surface area contributed by atoms with Crippen LogP contribution in [0.5, 0.6) is 5.75 Å². The maximum Gasteiger partial charge on any atom is 0.214 e. The van der Waals surface area contributed by atoms with Crippen molar-refractivity contribution >= 4 is 5.71 Å². The fourth-order valence-corrected chi connectivity index (χ4v) is 1.73. The minimum atomic E-state index is 0.479. The molecule has 0 N–H and O–H groups in total. The van der Waals surface area contributed by atoms with Gasteiger partial charge in [0.1, 0.15) is 19.3 Å². The monoisotopic (exact) mass is 245 g/mol. The number of hydrogen-bond acceptors (Lipinski definition) is 3. The first-order valence-electron chi connectivity index (χ1n) is 5.57. The summed E-state index contributed by atoms with van der Waals surface area (Å²) < 4.78 is 7.89. The van der Waals surface area contributed by atoms with Gasteiger partial charge in [-0.2, -0.15) is 0 Å². The molecule has 0 atom stereocenters. The standard InChI is InChI=1S/C13H15N3O2/c1-15(17)13(9-16-7-6-14-10-16)11-4-3-5-12(8-11)18-2/h3-8,10H,9H2,1-2H3. The van der Waals surface area contributed by atoms with Crippen molar-refractivity contribution in [2.24, 2.45) is 0 Å². The molecule has 5 heteroatoms. The summed E-state index contributed by atoms with van der Waals surface area (Å²) >= 11 is 0. The van der Waals surface area contributed by atoms with Gasteiger partial charge in [-0.25, -0.2) is 9.72 Å². The van der Waals surface area contributed by atoms with Gasteiger partial charge in [-0.3, -0.25) is 0 Å². The Morgan fingerprint density at radius 3 is 2.94 bits per heavy atom. The smallest absolute Gasteiger partial charge is 0.214 e. The molecule has 0 spiro atoms. The molecule has 0 bridgehead atoms. The van der Waals surface area contributed by atoms with E-state index in [4.69, 9.17) is 4.74 Å². The molecule has 1 aromatic carbocycles. The van der Waals surface area contributed by atoms with Crippen molar-refractivity contribution in [1.82, 2.24) is 9.55 Å². The maximum atomic E-state index is 11.7. The summed E-state index contributed by atoms with van der Waals surface area (Å²) in [6, 6.07) is 7.46. The van der Waals surface area contributed by atoms with E-state index in [1.54, 1.807) is 19.6 Å². The van der Waals surface area contributed by atoms with Crippen LogP contribution in [0.3, 0.4) is 0 Å². The Labute approximate surface area is 106 Å². The lowest BCUT2D eigenvalue weighted by Gasteiger charge is -2.09. The van der Waals surface area contributed by atoms with E-state index >= 15 is 0 Å². The second-order valence-electron chi connectivity index (χ2n) is 3.91. The Kier molecular flexibility index (Phi) is 3.62. The van der Waals surface area contributed by atoms with Gasteiger partial charge in [-0.15, -0.1) is 0 Å². The second-order valence-corrected chi connectivity index (χ2v) is 3.91. The summed E-state index contributed by atoms with van der Waals surface area (Å²) in [5.74, 6) is 0.734. The second kappa shape index (κ2) is 5.35. The third-order valence-corrected chi connectivity index (χ3v) is 2.67. The Balaban J connectivity index is 2.33. The van der Waals surface area contributed by atoms with Crippen LogP contribution in [0.15, 0.2) is 43.0 Å². The molecule has 0 amide bonds. The van der Waals surface area contributed by atoms with Crippen molar-refractivity contribution in [3.8, 4) is 5.75 Å². The lowest BCUT2D eigenvalue weighted by atomic mass is 10.1. The molecule has 0 saturated carbocycles. The molecule has 18 heavy (non-hydrogen) atoms. The van der Waals surface area contributed by atoms with Gasteiger partial charge in [0.25, 0.3) is 0 Å². The molecular formula is C13H15N3O2. The highest BCUT2D eigenvalue weighted by molar-refractivity contribution is 5.97. The molecule has 0 aliphatic carbocycles. The van der Waals surface area contributed by atoms with E-state index in [2.05, 4.69) is 4.98 Å². The van der Waals surface area contributed by atoms with Gasteiger partial charge in [0.15, 0.2) is 0 Å². The van der Waals surface area contributed by atoms with Gasteiger partial charge in [0.2, 0.25) is 5.71 Å². The summed E-state index contributed by atoms with van der Waals surface area (Å²) in [4.78, 5) is 3.97. The predicted octanol–water partition coefficient (Wildman–Crippen LogP) is 1.52. The third-order valence-electron chi connectivity index (χ3n) is 2.67. The number of hydrogen-bond donors (Lipinski definition) is 0. The Hall–Kier alpha value is -2.30. The molecule has 94 valence electrons. The van der Waals surface area contributed by atoms with Crippen molar-refractivity contribution in [3.05, 3.63) is 53.8 Å². The Morgan fingerprint density at radius 1 is 1.50 bits per heavy atom. The van der Waals surface area contributed by atoms with Crippen LogP contribution >= 0.6 is 0 Å². The number of methoxy groups -OCH3 is 1. The highest BCUT2D eigenvalue weighted by Crippen LogP contribution is 2.14. The first kappa shape index (κ1) is 12.2. The van der Waals surface area contributed by atoms with Crippen LogP contribution in [0.2, 0.25) is 0 Å². The summed E-state index contributed by atoms with van der Waals surface area (Å²) in [5.41, 5.74) is 1.51. The van der Waals surface area contributed by atoms with Gasteiger partial charge >= 0.3 is 0 Å². The summed E-state index contributed by atoms with van der Waals surface area (Å²) in [7, 11) is 3.10. The first-order chi connectivity index (χ1) is 8.70. The summed E-state index contributed by atoms with van der Waals surface area (Å²) in [6.45, 7) is 0.479. The average molecular weight is 245 g/mol. The largest absolute Gasteiger partial charge is 0.624 e. The summed E-state index contributed by atoms with van der Waals surface area (Å²) in [6.07, 6.45) is 5.20. The molecule has 0 saturated heterocycles. The van der Waals surface area contributed by atoms with Gasteiger partial charge < -0.3 is 14.5 Å². The van der Waals surface area contributed by atoms with Crippen molar-refractivity contribution in [1.29, 1.82) is 0 Å². The quantitative estimate of drug-likeness (QED) is 0.355. The minimum absolute atomic E-state index is 0.479. The van der Waals surface area contributed by atoms with Crippen LogP contribution < -0.4 is 4.74 Å². The number of ether oxygens (including phenoxy) is 1. The van der Waals surface area contributed by atoms with Crippen LogP contribution in [0, 0.1) is 5.21 Å². The van der Waals surface area contributed by atoms with Crippen LogP contribution in [0.1, 0.15) is 5.56 Å². The zero-order valence-corrected chi connectivity index (χ0v) is 10.4. The maximum absolute atomic E-state index is 11.7. The lowest BCUT2D eigenvalue weighted by Crippen LogP contribution is -2.19. The number of imidazole rings is 1. The SMILES string of the molecule is COc1cccc(C(Cn2ccnc2)=[N+](C)[O-])c1. The highest BCUT2D eigenvalue weighted by Gasteiger charge is 2.12. The number of nitrogens with zero attached hydrogens (tertiary/aromatic N) is 3. The van der Waals surface area contributed by atoms with Crippen LogP contribution in [-0.4, -0.2) is 34.2 Å². The minimum Gasteiger partial charge on any atom is -0.624 e. The van der Waals surface area contributed by atoms with E-state index in [0.29, 0.717) is 12.3 Å². The molecule has 0 aliphatic rings. The molecule has 1 heterocycles. The molecule has 0 unspecified atom stereocenters. The fourth-order valence-electron chi connectivity index (χ4n) is 1.73. The highest BCUT2D eigenvalue weighted by atomic mass is 16.5. The molecule has 2 rings (SSSR count). The number of rotatable bonds is 4. The van der Waals surface area contributed by atoms with Gasteiger partial charge in [-0.05, 0) is 18.2 Å². The lowest BCUT2D eigenvalue weighted by molar-refractivity contribution is -0.423. The van der Waals surface area contributed by atoms with Crippen LogP contribution in [-0.2, 0) is 6.54 Å². The molecule has 0 fully saturated rings. The topological polar surface area (TPSA) is 53.1 Å². The number of benzene rings is 1. The molecule has 1 aromatic heterocycles. The zero-order chi connectivity index (χ0) is 13.0. The molecule has 0 radical (unpaired) electrons. The van der Waals surface area contributed by atoms with E-state index in [0.717, 1.165) is 16.1 Å². The first-order valence-corrected chi connectivity index (χ1v) is 5.57. The molecule has 0 aliphatic heterocycles. The van der Waals surface area contributed by atoms with E-state index < -0.39 is 0 Å². The van der Waals surface area contributed by atoms with Crippen LogP contribution in [0.25, 0.3) is 0 Å². The van der Waals surface area contributed by atoms with E-state index in [1.807, 2.05) is 35.0 Å². The van der Waals surface area contributed by atoms with Gasteiger partial charge in [0, 0.05) is 18.0 Å². The Bertz CT molecular complexity index is 543. The number of hydroxylamine groups is 1. The predicted molar refractivity (Wildman–Crippen MR) is 68.9 cm³/mol. The molecule has 5 nitrogen and oxygen atoms in total. The normalized spacial score (nSPS) is 12.1. The summed E-state index contributed by atoms with van der Waals surface area (Å²) in [5, 5.41) is 11.7. The van der Waals surface area contributed by atoms with Crippen molar-refractivity contribution in [2.45, 2.75) is 6.54 Å². The fraction of sp³-hybridized carbons (Fsp3) is 0.231. The Morgan fingerprint density at radius 2 is 2.33 bits per heavy atom. The third kappa shape index (κ3) is 2.68. The van der Waals surface area contributed by atoms with E-state index in [1.165, 1.54) is 7.05 Å². The van der Waals surface area contributed by atoms with Crippen molar-refractivity contribution in [2.75, 3.05) is 14.2 Å². The van der Waals surface area contributed by atoms with E-state index in [9.17, 15) is 5.21 Å². The van der Waals surface area contributed by atoms with Crippen molar-refractivity contribution in [3.63, 3.8) is 0 Å². The van der Waals surface area contributed by atoms with Gasteiger partial charge in [0.05, 0.1) is 13.4 Å². The van der Waals surface area contributed by atoms with E-state index in [-0.39, 0.29) is 0 Å². The zero-order valence-electron chi connectivity index (χ0n) is 10.4. The molecule has 2 aromatic rings. The van der Waals surface area contributed by atoms with Gasteiger partial charge in [-0.1, -0.05) is 6.07 Å².